The Kier molecular flexibility index (Phi) is 4.91. The third-order valence-electron chi connectivity index (χ3n) is 3.18. The zero-order valence-corrected chi connectivity index (χ0v) is 12.6. The number of nitrogens with one attached hydrogen (secondary N) is 1. The molecule has 0 saturated heterocycles. The maximum absolute atomic E-state index is 13.2. The van der Waals surface area contributed by atoms with Gasteiger partial charge < -0.3 is 10.1 Å². The van der Waals surface area contributed by atoms with Crippen LogP contribution in [0, 0.1) is 15.9 Å². The molecule has 0 bridgehead atoms. The van der Waals surface area contributed by atoms with Gasteiger partial charge in [0, 0.05) is 5.69 Å². The van der Waals surface area contributed by atoms with Crippen molar-refractivity contribution < 1.29 is 32.0 Å². The molecule has 0 saturated carbocycles. The Balaban J connectivity index is 2.36. The minimum absolute atomic E-state index is 0.129. The first-order chi connectivity index (χ1) is 11.6. The Bertz CT molecular complexity index is 837. The normalized spacial score (nSPS) is 11.1. The lowest BCUT2D eigenvalue weighted by Crippen LogP contribution is -2.15. The number of carbonyl (C=O) groups is 1. The summed E-state index contributed by atoms with van der Waals surface area (Å²) in [6, 6.07) is 5.25. The smallest absolute Gasteiger partial charge is 0.419 e. The molecule has 2 rings (SSSR count). The van der Waals surface area contributed by atoms with Gasteiger partial charge in [0.15, 0.2) is 0 Å². The number of halogens is 4. The number of methoxy groups -OCH3 is 1. The molecule has 0 unspecified atom stereocenters. The van der Waals surface area contributed by atoms with Gasteiger partial charge in [-0.15, -0.1) is 0 Å². The number of hydrogen-bond donors (Lipinski definition) is 1. The molecule has 1 N–H and O–H groups in total. The Morgan fingerprint density at radius 2 is 1.88 bits per heavy atom. The highest BCUT2D eigenvalue weighted by atomic mass is 19.4. The van der Waals surface area contributed by atoms with Crippen molar-refractivity contribution in [2.24, 2.45) is 0 Å². The first-order valence-corrected chi connectivity index (χ1v) is 6.64. The molecule has 6 nitrogen and oxygen atoms in total. The molecule has 1 amide bonds. The van der Waals surface area contributed by atoms with Gasteiger partial charge in [0.25, 0.3) is 11.6 Å². The largest absolute Gasteiger partial charge is 0.497 e. The molecular formula is C15H10F4N2O4. The number of carbonyl (C=O) groups excluding carboxylic acids is 1. The summed E-state index contributed by atoms with van der Waals surface area (Å²) in [5.41, 5.74) is -2.89. The van der Waals surface area contributed by atoms with Crippen LogP contribution in [0.4, 0.5) is 28.9 Å². The standard InChI is InChI=1S/C15H10F4N2O4/c1-25-9-3-4-10(13(7-9)21(23)24)14(22)20-8-2-5-12(16)11(6-8)15(17,18)19/h2-7H,1H3,(H,20,22). The van der Waals surface area contributed by atoms with E-state index in [0.717, 1.165) is 18.2 Å². The van der Waals surface area contributed by atoms with E-state index < -0.39 is 34.1 Å². The molecule has 132 valence electrons. The first kappa shape index (κ1) is 18.2. The molecule has 2 aromatic rings. The summed E-state index contributed by atoms with van der Waals surface area (Å²) in [4.78, 5) is 22.4. The van der Waals surface area contributed by atoms with Crippen LogP contribution < -0.4 is 10.1 Å². The van der Waals surface area contributed by atoms with E-state index in [0.29, 0.717) is 12.1 Å². The van der Waals surface area contributed by atoms with E-state index >= 15 is 0 Å². The van der Waals surface area contributed by atoms with Gasteiger partial charge in [-0.05, 0) is 30.3 Å². The number of benzene rings is 2. The summed E-state index contributed by atoms with van der Waals surface area (Å²) in [6.07, 6.45) is -4.95. The Morgan fingerprint density at radius 1 is 1.20 bits per heavy atom. The van der Waals surface area contributed by atoms with Crippen molar-refractivity contribution >= 4 is 17.3 Å². The summed E-state index contributed by atoms with van der Waals surface area (Å²) in [7, 11) is 1.27. The van der Waals surface area contributed by atoms with E-state index in [-0.39, 0.29) is 17.0 Å². The van der Waals surface area contributed by atoms with Crippen molar-refractivity contribution in [3.63, 3.8) is 0 Å². The average Bonchev–Trinajstić information content (AvgIpc) is 2.54. The molecule has 10 heteroatoms. The number of hydrogen-bond acceptors (Lipinski definition) is 4. The lowest BCUT2D eigenvalue weighted by atomic mass is 10.1. The second kappa shape index (κ2) is 6.75. The summed E-state index contributed by atoms with van der Waals surface area (Å²) >= 11 is 0. The number of anilines is 1. The summed E-state index contributed by atoms with van der Waals surface area (Å²) in [5.74, 6) is -2.39. The van der Waals surface area contributed by atoms with Gasteiger partial charge >= 0.3 is 6.18 Å². The van der Waals surface area contributed by atoms with Crippen LogP contribution in [0.1, 0.15) is 15.9 Å². The van der Waals surface area contributed by atoms with Gasteiger partial charge in [0.2, 0.25) is 0 Å². The maximum atomic E-state index is 13.2. The van der Waals surface area contributed by atoms with Gasteiger partial charge in [-0.25, -0.2) is 4.39 Å². The van der Waals surface area contributed by atoms with Crippen LogP contribution in [0.2, 0.25) is 0 Å². The van der Waals surface area contributed by atoms with Crippen LogP contribution in [0.3, 0.4) is 0 Å². The predicted octanol–water partition coefficient (Wildman–Crippen LogP) is 4.01. The predicted molar refractivity (Wildman–Crippen MR) is 79.0 cm³/mol. The molecule has 0 heterocycles. The van der Waals surface area contributed by atoms with E-state index in [9.17, 15) is 32.5 Å². The third-order valence-corrected chi connectivity index (χ3v) is 3.18. The number of ether oxygens (including phenoxy) is 1. The van der Waals surface area contributed by atoms with Crippen LogP contribution in [-0.4, -0.2) is 17.9 Å². The fourth-order valence-corrected chi connectivity index (χ4v) is 2.00. The van der Waals surface area contributed by atoms with E-state index in [1.807, 2.05) is 0 Å². The van der Waals surface area contributed by atoms with Crippen molar-refractivity contribution in [1.29, 1.82) is 0 Å². The summed E-state index contributed by atoms with van der Waals surface area (Å²) in [5, 5.41) is 13.1. The fraction of sp³-hybridized carbons (Fsp3) is 0.133. The molecule has 25 heavy (non-hydrogen) atoms. The SMILES string of the molecule is COc1ccc(C(=O)Nc2ccc(F)c(C(F)(F)F)c2)c([N+](=O)[O-])c1. The summed E-state index contributed by atoms with van der Waals surface area (Å²) in [6.45, 7) is 0. The van der Waals surface area contributed by atoms with E-state index in [2.05, 4.69) is 5.32 Å². The monoisotopic (exact) mass is 358 g/mol. The van der Waals surface area contributed by atoms with Crippen molar-refractivity contribution in [3.8, 4) is 5.75 Å². The van der Waals surface area contributed by atoms with E-state index in [4.69, 9.17) is 4.74 Å². The number of nitrogens with zero attached hydrogens (tertiary/aromatic N) is 1. The van der Waals surface area contributed by atoms with Gasteiger partial charge in [-0.2, -0.15) is 13.2 Å². The Morgan fingerprint density at radius 3 is 2.44 bits per heavy atom. The molecule has 2 aromatic carbocycles. The second-order valence-electron chi connectivity index (χ2n) is 4.79. The zero-order valence-electron chi connectivity index (χ0n) is 12.6. The third kappa shape index (κ3) is 4.03. The van der Waals surface area contributed by atoms with Crippen molar-refractivity contribution in [2.45, 2.75) is 6.18 Å². The Labute approximate surface area is 138 Å². The second-order valence-corrected chi connectivity index (χ2v) is 4.79. The number of nitro benzene ring substituents is 1. The Hall–Kier alpha value is -3.17. The highest BCUT2D eigenvalue weighted by Gasteiger charge is 2.34. The van der Waals surface area contributed by atoms with Crippen LogP contribution in [0.15, 0.2) is 36.4 Å². The lowest BCUT2D eigenvalue weighted by molar-refractivity contribution is -0.385. The number of alkyl halides is 3. The van der Waals surface area contributed by atoms with E-state index in [1.165, 1.54) is 13.2 Å². The molecule has 0 fully saturated rings. The molecule has 0 aliphatic rings. The molecule has 0 aliphatic heterocycles. The number of amides is 1. The van der Waals surface area contributed by atoms with Gasteiger partial charge in [0.1, 0.15) is 17.1 Å². The molecule has 0 aromatic heterocycles. The molecule has 0 atom stereocenters. The minimum atomic E-state index is -4.95. The zero-order chi connectivity index (χ0) is 18.8. The fourth-order valence-electron chi connectivity index (χ4n) is 2.00. The van der Waals surface area contributed by atoms with Crippen LogP contribution in [0.25, 0.3) is 0 Å². The van der Waals surface area contributed by atoms with Crippen LogP contribution in [0.5, 0.6) is 5.75 Å². The van der Waals surface area contributed by atoms with E-state index in [1.54, 1.807) is 0 Å². The number of rotatable bonds is 4. The first-order valence-electron chi connectivity index (χ1n) is 6.64. The van der Waals surface area contributed by atoms with Crippen molar-refractivity contribution in [3.05, 3.63) is 63.5 Å². The maximum Gasteiger partial charge on any atom is 0.419 e. The molecule has 0 spiro atoms. The molecular weight excluding hydrogens is 348 g/mol. The highest BCUT2D eigenvalue weighted by Crippen LogP contribution is 2.33. The number of nitro groups is 1. The van der Waals surface area contributed by atoms with Crippen LogP contribution in [-0.2, 0) is 6.18 Å². The van der Waals surface area contributed by atoms with Gasteiger partial charge in [-0.1, -0.05) is 0 Å². The minimum Gasteiger partial charge on any atom is -0.497 e. The van der Waals surface area contributed by atoms with Gasteiger partial charge in [0.05, 0.1) is 23.7 Å². The molecule has 0 radical (unpaired) electrons. The quantitative estimate of drug-likeness (QED) is 0.509. The highest BCUT2D eigenvalue weighted by molar-refractivity contribution is 6.07. The van der Waals surface area contributed by atoms with Crippen LogP contribution >= 0.6 is 0 Å². The summed E-state index contributed by atoms with van der Waals surface area (Å²) < 4.78 is 56.1. The molecule has 0 aliphatic carbocycles. The lowest BCUT2D eigenvalue weighted by Gasteiger charge is -2.11. The topological polar surface area (TPSA) is 81.5 Å². The van der Waals surface area contributed by atoms with Crippen molar-refractivity contribution in [2.75, 3.05) is 12.4 Å². The van der Waals surface area contributed by atoms with Gasteiger partial charge in [-0.3, -0.25) is 14.9 Å². The average molecular weight is 358 g/mol. The van der Waals surface area contributed by atoms with Crippen molar-refractivity contribution in [1.82, 2.24) is 0 Å².